The number of ether oxygens (including phenoxy) is 2. The molecule has 5 nitrogen and oxygen atoms in total. The molecule has 208 valence electrons. The maximum absolute atomic E-state index is 13.5. The van der Waals surface area contributed by atoms with Gasteiger partial charge in [0.1, 0.15) is 0 Å². The van der Waals surface area contributed by atoms with E-state index in [0.717, 1.165) is 24.8 Å². The van der Waals surface area contributed by atoms with E-state index >= 15 is 0 Å². The number of carbonyl (C=O) groups excluding carboxylic acids is 2. The van der Waals surface area contributed by atoms with E-state index < -0.39 is 29.9 Å². The number of rotatable bonds is 18. The molecule has 1 atom stereocenters. The summed E-state index contributed by atoms with van der Waals surface area (Å²) in [5.74, 6) is -0.826. The zero-order valence-corrected chi connectivity index (χ0v) is 26.7. The average Bonchev–Trinajstić information content (AvgIpc) is 2.96. The van der Waals surface area contributed by atoms with Gasteiger partial charge in [-0.05, 0) is 0 Å². The van der Waals surface area contributed by atoms with Crippen LogP contribution in [0.15, 0.2) is 70.8 Å². The monoisotopic (exact) mass is 629 g/mol. The van der Waals surface area contributed by atoms with Crippen molar-refractivity contribution >= 4 is 30.3 Å². The molecule has 0 bridgehead atoms. The van der Waals surface area contributed by atoms with Gasteiger partial charge in [0.15, 0.2) is 0 Å². The van der Waals surface area contributed by atoms with E-state index in [9.17, 15) is 9.59 Å². The molecule has 0 saturated carbocycles. The van der Waals surface area contributed by atoms with Crippen molar-refractivity contribution in [2.75, 3.05) is 13.7 Å². The molecule has 0 aliphatic heterocycles. The summed E-state index contributed by atoms with van der Waals surface area (Å²) in [4.78, 5) is 26.8. The Bertz CT molecular complexity index is 958. The SMILES string of the molecule is CCC[CH2][Sn](/[CH]=C/[C@](COCc1ccccc1)(NC(=O)c1ccccc1)C(=O)OC)([CH2]CCC)[CH2]CCC. The van der Waals surface area contributed by atoms with Crippen LogP contribution in [-0.2, 0) is 20.9 Å². The zero-order valence-electron chi connectivity index (χ0n) is 23.8. The van der Waals surface area contributed by atoms with Gasteiger partial charge < -0.3 is 0 Å². The van der Waals surface area contributed by atoms with Crippen LogP contribution in [0.2, 0.25) is 13.3 Å². The van der Waals surface area contributed by atoms with Gasteiger partial charge >= 0.3 is 235 Å². The second-order valence-electron chi connectivity index (χ2n) is 10.3. The standard InChI is InChI=1S/C20H20NO4.3C4H9.Sn/c1-3-20(19(23)24-2,15-25-14-16-10-6-4-7-11-16)21-18(22)17-12-8-5-9-13-17;3*1-3-4-2;/h1,3-13H,14-15H2,2H3,(H,21,22);3*1,3-4H2,2H3;/t20-;;;;/m1..../s1. The van der Waals surface area contributed by atoms with Crippen LogP contribution >= 0.6 is 0 Å². The van der Waals surface area contributed by atoms with Gasteiger partial charge in [-0.3, -0.25) is 0 Å². The van der Waals surface area contributed by atoms with Gasteiger partial charge in [-0.2, -0.15) is 0 Å². The summed E-state index contributed by atoms with van der Waals surface area (Å²) in [6, 6.07) is 18.9. The Kier molecular flexibility index (Phi) is 14.7. The second-order valence-corrected chi connectivity index (χ2v) is 23.3. The third-order valence-electron chi connectivity index (χ3n) is 7.17. The Labute approximate surface area is 234 Å². The molecule has 1 N–H and O–H groups in total. The van der Waals surface area contributed by atoms with Crippen molar-refractivity contribution in [2.24, 2.45) is 0 Å². The first-order valence-electron chi connectivity index (χ1n) is 14.2. The predicted octanol–water partition coefficient (Wildman–Crippen LogP) is 7.49. The number of methoxy groups -OCH3 is 1. The van der Waals surface area contributed by atoms with E-state index in [1.54, 1.807) is 12.1 Å². The van der Waals surface area contributed by atoms with Crippen LogP contribution in [0.4, 0.5) is 0 Å². The quantitative estimate of drug-likeness (QED) is 0.137. The Morgan fingerprint density at radius 1 is 0.842 bits per heavy atom. The molecule has 6 heteroatoms. The fraction of sp³-hybridized carbons (Fsp3) is 0.500. The summed E-state index contributed by atoms with van der Waals surface area (Å²) < 4.78 is 17.6. The summed E-state index contributed by atoms with van der Waals surface area (Å²) in [7, 11) is 1.37. The number of unbranched alkanes of at least 4 members (excludes halogenated alkanes) is 3. The van der Waals surface area contributed by atoms with Crippen LogP contribution in [0.25, 0.3) is 0 Å². The third kappa shape index (κ3) is 10.2. The van der Waals surface area contributed by atoms with Crippen LogP contribution in [-0.4, -0.2) is 49.5 Å². The van der Waals surface area contributed by atoms with Gasteiger partial charge in [0.25, 0.3) is 0 Å². The molecule has 0 aromatic heterocycles. The fourth-order valence-electron chi connectivity index (χ4n) is 4.78. The van der Waals surface area contributed by atoms with Crippen LogP contribution < -0.4 is 5.32 Å². The summed E-state index contributed by atoms with van der Waals surface area (Å²) in [5.41, 5.74) is 0.102. The van der Waals surface area contributed by atoms with Gasteiger partial charge in [0.05, 0.1) is 0 Å². The summed E-state index contributed by atoms with van der Waals surface area (Å²) >= 11 is -2.78. The van der Waals surface area contributed by atoms with E-state index in [-0.39, 0.29) is 12.5 Å². The van der Waals surface area contributed by atoms with Crippen LogP contribution in [0.1, 0.15) is 75.2 Å². The van der Waals surface area contributed by atoms with Gasteiger partial charge in [-0.25, -0.2) is 0 Å². The number of hydrogen-bond acceptors (Lipinski definition) is 4. The number of hydrogen-bond donors (Lipinski definition) is 1. The van der Waals surface area contributed by atoms with E-state index in [0.29, 0.717) is 12.2 Å². The number of amides is 1. The first-order valence-corrected chi connectivity index (χ1v) is 21.9. The molecule has 2 aromatic carbocycles. The van der Waals surface area contributed by atoms with Crippen molar-refractivity contribution in [3.63, 3.8) is 0 Å². The summed E-state index contributed by atoms with van der Waals surface area (Å²) in [6.45, 7) is 7.08. The molecule has 0 spiro atoms. The molecule has 0 unspecified atom stereocenters. The number of nitrogens with one attached hydrogen (secondary N) is 1. The molecule has 1 amide bonds. The average molecular weight is 628 g/mol. The van der Waals surface area contributed by atoms with Crippen molar-refractivity contribution in [1.82, 2.24) is 5.32 Å². The van der Waals surface area contributed by atoms with Crippen LogP contribution in [0, 0.1) is 0 Å². The Morgan fingerprint density at radius 3 is 1.87 bits per heavy atom. The van der Waals surface area contributed by atoms with Crippen molar-refractivity contribution in [3.8, 4) is 0 Å². The Balaban J connectivity index is 2.48. The fourth-order valence-corrected chi connectivity index (χ4v) is 19.2. The maximum atomic E-state index is 13.5. The third-order valence-corrected chi connectivity index (χ3v) is 21.2. The minimum atomic E-state index is -2.78. The molecule has 2 rings (SSSR count). The van der Waals surface area contributed by atoms with E-state index in [2.05, 4.69) is 30.2 Å². The first-order chi connectivity index (χ1) is 18.4. The second kappa shape index (κ2) is 17.5. The van der Waals surface area contributed by atoms with Crippen LogP contribution in [0.3, 0.4) is 0 Å². The van der Waals surface area contributed by atoms with Crippen molar-refractivity contribution < 1.29 is 19.1 Å². The first kappa shape index (κ1) is 32.1. The normalized spacial score (nSPS) is 13.3. The molecular formula is C32H47NO4Sn. The van der Waals surface area contributed by atoms with E-state index in [1.165, 1.54) is 39.7 Å². The zero-order chi connectivity index (χ0) is 27.7. The molecule has 38 heavy (non-hydrogen) atoms. The number of benzene rings is 2. The molecular weight excluding hydrogens is 581 g/mol. The molecule has 2 aromatic rings. The minimum absolute atomic E-state index is 0.000916. The van der Waals surface area contributed by atoms with Gasteiger partial charge in [0, 0.05) is 0 Å². The molecule has 0 heterocycles. The van der Waals surface area contributed by atoms with Gasteiger partial charge in [-0.15, -0.1) is 0 Å². The van der Waals surface area contributed by atoms with Crippen LogP contribution in [0.5, 0.6) is 0 Å². The van der Waals surface area contributed by atoms with Crippen molar-refractivity contribution in [2.45, 2.75) is 84.8 Å². The molecule has 0 radical (unpaired) electrons. The Hall–Kier alpha value is -2.12. The molecule has 0 aliphatic carbocycles. The Morgan fingerprint density at radius 2 is 1.37 bits per heavy atom. The number of carbonyl (C=O) groups is 2. The molecule has 0 aliphatic rings. The van der Waals surface area contributed by atoms with Gasteiger partial charge in [-0.1, -0.05) is 0 Å². The summed E-state index contributed by atoms with van der Waals surface area (Å²) in [5, 5.41) is 3.03. The topological polar surface area (TPSA) is 64.6 Å². The van der Waals surface area contributed by atoms with Gasteiger partial charge in [0.2, 0.25) is 0 Å². The van der Waals surface area contributed by atoms with Crippen molar-refractivity contribution in [1.29, 1.82) is 0 Å². The van der Waals surface area contributed by atoms with E-state index in [1.807, 2.05) is 54.6 Å². The van der Waals surface area contributed by atoms with E-state index in [4.69, 9.17) is 9.47 Å². The summed E-state index contributed by atoms with van der Waals surface area (Å²) in [6.07, 6.45) is 9.08. The van der Waals surface area contributed by atoms with Crippen molar-refractivity contribution in [3.05, 3.63) is 82.0 Å². The molecule has 0 saturated heterocycles. The number of esters is 1. The molecule has 0 fully saturated rings. The predicted molar refractivity (Wildman–Crippen MR) is 159 cm³/mol.